The van der Waals surface area contributed by atoms with Gasteiger partial charge in [0.05, 0.1) is 0 Å². The number of nitrogens with one attached hydrogen (secondary N) is 1. The van der Waals surface area contributed by atoms with Crippen molar-refractivity contribution in [1.29, 1.82) is 0 Å². The van der Waals surface area contributed by atoms with Crippen LogP contribution in [0.5, 0.6) is 5.75 Å². The lowest BCUT2D eigenvalue weighted by Gasteiger charge is -2.18. The van der Waals surface area contributed by atoms with Gasteiger partial charge in [-0.15, -0.1) is 10.2 Å². The molecule has 2 aromatic rings. The molecule has 0 saturated carbocycles. The summed E-state index contributed by atoms with van der Waals surface area (Å²) in [6.45, 7) is 10.1. The highest BCUT2D eigenvalue weighted by molar-refractivity contribution is 8.01. The largest absolute Gasteiger partial charge is 0.480 e. The number of aromatic nitrogens is 2. The summed E-state index contributed by atoms with van der Waals surface area (Å²) < 4.78 is 6.74. The number of benzene rings is 1. The lowest BCUT2D eigenvalue weighted by atomic mass is 10.1. The van der Waals surface area contributed by atoms with Gasteiger partial charge in [-0.05, 0) is 31.9 Å². The first-order chi connectivity index (χ1) is 11.4. The maximum atomic E-state index is 12.5. The van der Waals surface area contributed by atoms with Crippen LogP contribution in [0.1, 0.15) is 38.3 Å². The van der Waals surface area contributed by atoms with Crippen LogP contribution >= 0.6 is 23.1 Å². The molecule has 130 valence electrons. The Labute approximate surface area is 151 Å². The van der Waals surface area contributed by atoms with Crippen LogP contribution in [0.4, 0.5) is 5.13 Å². The van der Waals surface area contributed by atoms with Crippen LogP contribution in [-0.4, -0.2) is 27.5 Å². The van der Waals surface area contributed by atoms with Crippen LogP contribution in [0.15, 0.2) is 22.5 Å². The molecular weight excluding hydrogens is 342 g/mol. The van der Waals surface area contributed by atoms with Crippen molar-refractivity contribution in [2.75, 3.05) is 5.32 Å². The summed E-state index contributed by atoms with van der Waals surface area (Å²) in [6, 6.07) is 5.93. The number of anilines is 1. The normalized spacial score (nSPS) is 12.2. The molecule has 24 heavy (non-hydrogen) atoms. The summed E-state index contributed by atoms with van der Waals surface area (Å²) in [5.41, 5.74) is 2.19. The van der Waals surface area contributed by atoms with E-state index < -0.39 is 6.10 Å². The minimum Gasteiger partial charge on any atom is -0.480 e. The van der Waals surface area contributed by atoms with Crippen molar-refractivity contribution in [3.05, 3.63) is 29.3 Å². The van der Waals surface area contributed by atoms with E-state index in [1.807, 2.05) is 39.0 Å². The zero-order chi connectivity index (χ0) is 17.7. The SMILES string of the molecule is CCC(Oc1ccc(C)cc1C)C(=O)Nc1nnc(SC(C)C)s1. The second kappa shape index (κ2) is 8.48. The smallest absolute Gasteiger partial charge is 0.267 e. The van der Waals surface area contributed by atoms with Gasteiger partial charge in [-0.25, -0.2) is 0 Å². The van der Waals surface area contributed by atoms with E-state index in [4.69, 9.17) is 4.74 Å². The highest BCUT2D eigenvalue weighted by Crippen LogP contribution is 2.29. The third kappa shape index (κ3) is 5.21. The first kappa shape index (κ1) is 18.7. The van der Waals surface area contributed by atoms with E-state index in [1.165, 1.54) is 16.9 Å². The minimum absolute atomic E-state index is 0.199. The molecule has 0 aliphatic carbocycles. The third-order valence-electron chi connectivity index (χ3n) is 3.24. The van der Waals surface area contributed by atoms with Gasteiger partial charge in [0.15, 0.2) is 10.4 Å². The molecular formula is C17H23N3O2S2. The zero-order valence-corrected chi connectivity index (χ0v) is 16.3. The van der Waals surface area contributed by atoms with Gasteiger partial charge in [-0.2, -0.15) is 0 Å². The van der Waals surface area contributed by atoms with Crippen molar-refractivity contribution >= 4 is 34.1 Å². The molecule has 0 saturated heterocycles. The number of ether oxygens (including phenoxy) is 1. The molecule has 1 aromatic carbocycles. The molecule has 1 unspecified atom stereocenters. The molecule has 0 aliphatic heterocycles. The first-order valence-corrected chi connectivity index (χ1v) is 9.63. The predicted molar refractivity (Wildman–Crippen MR) is 100 cm³/mol. The van der Waals surface area contributed by atoms with E-state index in [9.17, 15) is 4.79 Å². The van der Waals surface area contributed by atoms with Crippen LogP contribution in [0, 0.1) is 13.8 Å². The van der Waals surface area contributed by atoms with Crippen LogP contribution in [-0.2, 0) is 4.79 Å². The second-order valence-corrected chi connectivity index (χ2v) is 8.61. The van der Waals surface area contributed by atoms with E-state index in [2.05, 4.69) is 29.4 Å². The summed E-state index contributed by atoms with van der Waals surface area (Å²) >= 11 is 3.01. The Morgan fingerprint density at radius 2 is 2.08 bits per heavy atom. The van der Waals surface area contributed by atoms with Gasteiger partial charge >= 0.3 is 0 Å². The summed E-state index contributed by atoms with van der Waals surface area (Å²) in [4.78, 5) is 12.5. The van der Waals surface area contributed by atoms with Crippen molar-refractivity contribution in [2.24, 2.45) is 0 Å². The van der Waals surface area contributed by atoms with Crippen molar-refractivity contribution in [3.63, 3.8) is 0 Å². The second-order valence-electron chi connectivity index (χ2n) is 5.81. The zero-order valence-electron chi connectivity index (χ0n) is 14.6. The van der Waals surface area contributed by atoms with Crippen molar-refractivity contribution < 1.29 is 9.53 Å². The van der Waals surface area contributed by atoms with Gasteiger partial charge in [0.25, 0.3) is 5.91 Å². The highest BCUT2D eigenvalue weighted by atomic mass is 32.2. The molecule has 2 rings (SSSR count). The average Bonchev–Trinajstić information content (AvgIpc) is 2.92. The molecule has 5 nitrogen and oxygen atoms in total. The Bertz CT molecular complexity index is 701. The number of hydrogen-bond acceptors (Lipinski definition) is 6. The molecule has 1 aromatic heterocycles. The Morgan fingerprint density at radius 3 is 2.71 bits per heavy atom. The van der Waals surface area contributed by atoms with Gasteiger partial charge in [0.1, 0.15) is 5.75 Å². The predicted octanol–water partition coefficient (Wildman–Crippen LogP) is 4.45. The van der Waals surface area contributed by atoms with E-state index in [0.717, 1.165) is 15.7 Å². The molecule has 0 bridgehead atoms. The van der Waals surface area contributed by atoms with Crippen molar-refractivity contribution in [3.8, 4) is 5.75 Å². The van der Waals surface area contributed by atoms with Gasteiger partial charge in [-0.3, -0.25) is 10.1 Å². The molecule has 1 amide bonds. The number of amides is 1. The molecule has 1 atom stereocenters. The number of carbonyl (C=O) groups excluding carboxylic acids is 1. The van der Waals surface area contributed by atoms with Gasteiger partial charge in [0.2, 0.25) is 5.13 Å². The number of aryl methyl sites for hydroxylation is 2. The Kier molecular flexibility index (Phi) is 6.62. The van der Waals surface area contributed by atoms with Gasteiger partial charge in [-0.1, -0.05) is 61.6 Å². The summed E-state index contributed by atoms with van der Waals surface area (Å²) in [5.74, 6) is 0.533. The maximum absolute atomic E-state index is 12.5. The fourth-order valence-corrected chi connectivity index (χ4v) is 4.08. The summed E-state index contributed by atoms with van der Waals surface area (Å²) in [5, 5.41) is 11.8. The molecule has 1 heterocycles. The highest BCUT2D eigenvalue weighted by Gasteiger charge is 2.21. The number of thioether (sulfide) groups is 1. The number of rotatable bonds is 7. The summed E-state index contributed by atoms with van der Waals surface area (Å²) in [7, 11) is 0. The average molecular weight is 366 g/mol. The molecule has 1 N–H and O–H groups in total. The van der Waals surface area contributed by atoms with Gasteiger partial charge in [0, 0.05) is 5.25 Å². The lowest BCUT2D eigenvalue weighted by Crippen LogP contribution is -2.32. The van der Waals surface area contributed by atoms with Crippen molar-refractivity contribution in [1.82, 2.24) is 10.2 Å². The third-order valence-corrected chi connectivity index (χ3v) is 5.16. The van der Waals surface area contributed by atoms with Crippen LogP contribution in [0.2, 0.25) is 0 Å². The van der Waals surface area contributed by atoms with E-state index in [0.29, 0.717) is 16.8 Å². The fourth-order valence-electron chi connectivity index (χ4n) is 2.10. The van der Waals surface area contributed by atoms with E-state index in [-0.39, 0.29) is 5.91 Å². The Morgan fingerprint density at radius 1 is 1.33 bits per heavy atom. The van der Waals surface area contributed by atoms with E-state index >= 15 is 0 Å². The van der Waals surface area contributed by atoms with Crippen LogP contribution in [0.25, 0.3) is 0 Å². The lowest BCUT2D eigenvalue weighted by molar-refractivity contribution is -0.122. The molecule has 7 heteroatoms. The Hall–Kier alpha value is -1.60. The standard InChI is InChI=1S/C17H23N3O2S2/c1-6-13(22-14-8-7-11(4)9-12(14)5)15(21)18-16-19-20-17(24-16)23-10(2)3/h7-10,13H,6H2,1-5H3,(H,18,19,21). The fraction of sp³-hybridized carbons (Fsp3) is 0.471. The van der Waals surface area contributed by atoms with Crippen molar-refractivity contribution in [2.45, 2.75) is 56.7 Å². The monoisotopic (exact) mass is 365 g/mol. The molecule has 0 aliphatic rings. The quantitative estimate of drug-likeness (QED) is 0.580. The first-order valence-electron chi connectivity index (χ1n) is 7.94. The minimum atomic E-state index is -0.559. The number of carbonyl (C=O) groups is 1. The topological polar surface area (TPSA) is 64.1 Å². The summed E-state index contributed by atoms with van der Waals surface area (Å²) in [6.07, 6.45) is 0.0162. The van der Waals surface area contributed by atoms with Gasteiger partial charge < -0.3 is 4.74 Å². The van der Waals surface area contributed by atoms with E-state index in [1.54, 1.807) is 11.8 Å². The molecule has 0 spiro atoms. The number of nitrogens with zero attached hydrogens (tertiary/aromatic N) is 2. The number of hydrogen-bond donors (Lipinski definition) is 1. The molecule has 0 fully saturated rings. The van der Waals surface area contributed by atoms with Crippen LogP contribution < -0.4 is 10.1 Å². The Balaban J connectivity index is 2.02. The maximum Gasteiger partial charge on any atom is 0.267 e. The van der Waals surface area contributed by atoms with Crippen LogP contribution in [0.3, 0.4) is 0 Å². The molecule has 0 radical (unpaired) electrons.